The van der Waals surface area contributed by atoms with E-state index in [0.29, 0.717) is 5.69 Å². The van der Waals surface area contributed by atoms with Crippen molar-refractivity contribution in [3.63, 3.8) is 0 Å². The molecule has 1 aromatic carbocycles. The number of nitrogens with two attached hydrogens (primary N) is 1. The van der Waals surface area contributed by atoms with Gasteiger partial charge in [-0.25, -0.2) is 4.68 Å². The van der Waals surface area contributed by atoms with Gasteiger partial charge in [0, 0.05) is 0 Å². The summed E-state index contributed by atoms with van der Waals surface area (Å²) in [5, 5.41) is 6.90. The van der Waals surface area contributed by atoms with Gasteiger partial charge < -0.3 is 10.3 Å². The summed E-state index contributed by atoms with van der Waals surface area (Å²) in [6.07, 6.45) is -3.40. The topological polar surface area (TPSA) is 82.8 Å². The average Bonchev–Trinajstić information content (AvgIpc) is 3.05. The normalized spacial score (nSPS) is 11.8. The second-order valence-electron chi connectivity index (χ2n) is 4.11. The van der Waals surface area contributed by atoms with E-state index < -0.39 is 12.0 Å². The molecule has 6 nitrogen and oxygen atoms in total. The van der Waals surface area contributed by atoms with Crippen LogP contribution >= 0.6 is 0 Å². The second kappa shape index (κ2) is 4.62. The van der Waals surface area contributed by atoms with Gasteiger partial charge in [0.25, 0.3) is 11.7 Å². The molecule has 0 fully saturated rings. The SMILES string of the molecule is Nc1c(-c2nc(C(F)(F)F)no2)cnn1-c1ccccc1. The zero-order valence-corrected chi connectivity index (χ0v) is 10.4. The summed E-state index contributed by atoms with van der Waals surface area (Å²) < 4.78 is 43.3. The number of aromatic nitrogens is 4. The lowest BCUT2D eigenvalue weighted by molar-refractivity contribution is -0.146. The summed E-state index contributed by atoms with van der Waals surface area (Å²) in [5.74, 6) is -1.58. The zero-order chi connectivity index (χ0) is 15.0. The summed E-state index contributed by atoms with van der Waals surface area (Å²) in [7, 11) is 0. The lowest BCUT2D eigenvalue weighted by Crippen LogP contribution is -2.07. The number of hydrogen-bond acceptors (Lipinski definition) is 5. The Kier molecular flexibility index (Phi) is 2.89. The maximum atomic E-state index is 12.5. The third-order valence-electron chi connectivity index (χ3n) is 2.72. The Morgan fingerprint density at radius 1 is 1.14 bits per heavy atom. The van der Waals surface area contributed by atoms with E-state index in [4.69, 9.17) is 5.73 Å². The minimum Gasteiger partial charge on any atom is -0.383 e. The predicted octanol–water partition coefficient (Wildman–Crippen LogP) is 2.52. The third kappa shape index (κ3) is 2.33. The van der Waals surface area contributed by atoms with E-state index >= 15 is 0 Å². The number of rotatable bonds is 2. The number of nitrogen functional groups attached to an aromatic ring is 1. The van der Waals surface area contributed by atoms with Crippen LogP contribution in [-0.2, 0) is 6.18 Å². The second-order valence-corrected chi connectivity index (χ2v) is 4.11. The fourth-order valence-electron chi connectivity index (χ4n) is 1.75. The highest BCUT2D eigenvalue weighted by Gasteiger charge is 2.37. The molecule has 0 atom stereocenters. The third-order valence-corrected chi connectivity index (χ3v) is 2.72. The molecule has 0 spiro atoms. The minimum atomic E-state index is -4.67. The first-order valence-electron chi connectivity index (χ1n) is 5.77. The van der Waals surface area contributed by atoms with Crippen molar-refractivity contribution >= 4 is 5.82 Å². The van der Waals surface area contributed by atoms with E-state index in [2.05, 4.69) is 19.8 Å². The van der Waals surface area contributed by atoms with Crippen LogP contribution in [0.2, 0.25) is 0 Å². The Morgan fingerprint density at radius 3 is 2.48 bits per heavy atom. The van der Waals surface area contributed by atoms with Crippen molar-refractivity contribution in [2.24, 2.45) is 0 Å². The van der Waals surface area contributed by atoms with Crippen LogP contribution in [-0.4, -0.2) is 19.9 Å². The molecule has 3 aromatic rings. The molecule has 0 amide bonds. The quantitative estimate of drug-likeness (QED) is 0.785. The van der Waals surface area contributed by atoms with E-state index in [0.717, 1.165) is 0 Å². The van der Waals surface area contributed by atoms with Crippen LogP contribution in [0.15, 0.2) is 41.1 Å². The number of para-hydroxylation sites is 1. The van der Waals surface area contributed by atoms with Crippen LogP contribution in [0.1, 0.15) is 5.82 Å². The summed E-state index contributed by atoms with van der Waals surface area (Å²) in [4.78, 5) is 3.28. The number of anilines is 1. The Hall–Kier alpha value is -2.84. The zero-order valence-electron chi connectivity index (χ0n) is 10.4. The molecule has 0 bridgehead atoms. The molecule has 0 aliphatic carbocycles. The van der Waals surface area contributed by atoms with Gasteiger partial charge in [0.05, 0.1) is 11.9 Å². The van der Waals surface area contributed by atoms with Gasteiger partial charge in [-0.05, 0) is 12.1 Å². The maximum Gasteiger partial charge on any atom is 0.455 e. The summed E-state index contributed by atoms with van der Waals surface area (Å²) in [6, 6.07) is 8.89. The van der Waals surface area contributed by atoms with Crippen LogP contribution < -0.4 is 5.73 Å². The summed E-state index contributed by atoms with van der Waals surface area (Å²) in [5.41, 5.74) is 6.68. The smallest absolute Gasteiger partial charge is 0.383 e. The molecule has 0 unspecified atom stereocenters. The van der Waals surface area contributed by atoms with E-state index in [9.17, 15) is 13.2 Å². The van der Waals surface area contributed by atoms with Gasteiger partial charge in [0.1, 0.15) is 11.4 Å². The van der Waals surface area contributed by atoms with Crippen LogP contribution in [0.25, 0.3) is 17.1 Å². The van der Waals surface area contributed by atoms with Crippen LogP contribution in [0.4, 0.5) is 19.0 Å². The van der Waals surface area contributed by atoms with Crippen LogP contribution in [0, 0.1) is 0 Å². The predicted molar refractivity (Wildman–Crippen MR) is 66.3 cm³/mol. The average molecular weight is 295 g/mol. The number of nitrogens with zero attached hydrogens (tertiary/aromatic N) is 4. The molecule has 21 heavy (non-hydrogen) atoms. The van der Waals surface area contributed by atoms with Crippen molar-refractivity contribution in [1.29, 1.82) is 0 Å². The van der Waals surface area contributed by atoms with E-state index in [1.807, 2.05) is 6.07 Å². The first-order valence-corrected chi connectivity index (χ1v) is 5.77. The largest absolute Gasteiger partial charge is 0.455 e. The molecule has 0 saturated carbocycles. The van der Waals surface area contributed by atoms with Gasteiger partial charge in [-0.2, -0.15) is 23.3 Å². The highest BCUT2D eigenvalue weighted by Crippen LogP contribution is 2.31. The highest BCUT2D eigenvalue weighted by molar-refractivity contribution is 5.68. The van der Waals surface area contributed by atoms with Gasteiger partial charge in [0.2, 0.25) is 0 Å². The number of halogens is 3. The monoisotopic (exact) mass is 295 g/mol. The lowest BCUT2D eigenvalue weighted by atomic mass is 10.3. The maximum absolute atomic E-state index is 12.5. The Labute approximate surface area is 116 Å². The Balaban J connectivity index is 2.02. The van der Waals surface area contributed by atoms with Crippen molar-refractivity contribution in [1.82, 2.24) is 19.9 Å². The van der Waals surface area contributed by atoms with E-state index in [1.54, 1.807) is 24.3 Å². The lowest BCUT2D eigenvalue weighted by Gasteiger charge is -2.03. The first kappa shape index (κ1) is 13.2. The van der Waals surface area contributed by atoms with Crippen molar-refractivity contribution in [3.05, 3.63) is 42.4 Å². The molecular weight excluding hydrogens is 287 g/mol. The molecule has 2 heterocycles. The van der Waals surface area contributed by atoms with Crippen molar-refractivity contribution in [2.75, 3.05) is 5.73 Å². The number of benzene rings is 1. The van der Waals surface area contributed by atoms with E-state index in [-0.39, 0.29) is 17.3 Å². The standard InChI is InChI=1S/C12H8F3N5O/c13-12(14,15)11-18-10(21-19-11)8-6-17-20(9(8)16)7-4-2-1-3-5-7/h1-6H,16H2. The summed E-state index contributed by atoms with van der Waals surface area (Å²) >= 11 is 0. The molecule has 0 aliphatic heterocycles. The van der Waals surface area contributed by atoms with Gasteiger partial charge in [0.15, 0.2) is 0 Å². The highest BCUT2D eigenvalue weighted by atomic mass is 19.4. The minimum absolute atomic E-state index is 0.110. The van der Waals surface area contributed by atoms with Gasteiger partial charge in [-0.15, -0.1) is 0 Å². The van der Waals surface area contributed by atoms with Crippen LogP contribution in [0.3, 0.4) is 0 Å². The van der Waals surface area contributed by atoms with Crippen LogP contribution in [0.5, 0.6) is 0 Å². The Bertz CT molecular complexity index is 763. The molecule has 108 valence electrons. The van der Waals surface area contributed by atoms with E-state index in [1.165, 1.54) is 10.9 Å². The van der Waals surface area contributed by atoms with Crippen molar-refractivity contribution in [2.45, 2.75) is 6.18 Å². The molecule has 9 heteroatoms. The number of hydrogen-bond donors (Lipinski definition) is 1. The van der Waals surface area contributed by atoms with Gasteiger partial charge >= 0.3 is 6.18 Å². The fraction of sp³-hybridized carbons (Fsp3) is 0.0833. The first-order chi connectivity index (χ1) is 9.97. The molecule has 3 rings (SSSR count). The summed E-state index contributed by atoms with van der Waals surface area (Å²) in [6.45, 7) is 0. The molecule has 2 N–H and O–H groups in total. The fourth-order valence-corrected chi connectivity index (χ4v) is 1.75. The molecule has 2 aromatic heterocycles. The Morgan fingerprint density at radius 2 is 1.86 bits per heavy atom. The van der Waals surface area contributed by atoms with Gasteiger partial charge in [-0.3, -0.25) is 0 Å². The molecule has 0 aliphatic rings. The number of alkyl halides is 3. The molecule has 0 radical (unpaired) electrons. The van der Waals surface area contributed by atoms with Gasteiger partial charge in [-0.1, -0.05) is 23.4 Å². The van der Waals surface area contributed by atoms with Crippen molar-refractivity contribution < 1.29 is 17.7 Å². The van der Waals surface area contributed by atoms with Crippen molar-refractivity contribution in [3.8, 4) is 17.1 Å². The molecular formula is C12H8F3N5O. The molecule has 0 saturated heterocycles.